The number of hydrogen-bond acceptors (Lipinski definition) is 3. The Kier molecular flexibility index (Phi) is 4.16. The van der Waals surface area contributed by atoms with E-state index in [2.05, 4.69) is 0 Å². The van der Waals surface area contributed by atoms with Crippen LogP contribution in [0.25, 0.3) is 0 Å². The summed E-state index contributed by atoms with van der Waals surface area (Å²) in [7, 11) is 0. The number of rotatable bonds is 4. The molecular weight excluding hydrogens is 168 g/mol. The average molecular weight is 188 g/mol. The summed E-state index contributed by atoms with van der Waals surface area (Å²) in [6.07, 6.45) is 2.34. The molecule has 1 fully saturated rings. The minimum atomic E-state index is -0.367. The van der Waals surface area contributed by atoms with E-state index in [9.17, 15) is 10.2 Å². The fraction of sp³-hybridized carbons (Fsp3) is 1.00. The fourth-order valence-corrected chi connectivity index (χ4v) is 1.78. The smallest absolute Gasteiger partial charge is 0.0839 e. The third kappa shape index (κ3) is 2.66. The lowest BCUT2D eigenvalue weighted by Crippen LogP contribution is -2.30. The van der Waals surface area contributed by atoms with Gasteiger partial charge in [0.2, 0.25) is 0 Å². The molecule has 1 aliphatic rings. The zero-order valence-corrected chi connectivity index (χ0v) is 8.44. The quantitative estimate of drug-likeness (QED) is 0.694. The van der Waals surface area contributed by atoms with Crippen molar-refractivity contribution < 1.29 is 14.9 Å². The van der Waals surface area contributed by atoms with Crippen LogP contribution in [0.3, 0.4) is 0 Å². The Hall–Kier alpha value is -0.120. The lowest BCUT2D eigenvalue weighted by Gasteiger charge is -2.20. The maximum absolute atomic E-state index is 9.52. The molecule has 0 unspecified atom stereocenters. The van der Waals surface area contributed by atoms with Crippen molar-refractivity contribution in [1.29, 1.82) is 0 Å². The molecule has 4 atom stereocenters. The Morgan fingerprint density at radius 3 is 1.77 bits per heavy atom. The van der Waals surface area contributed by atoms with Crippen LogP contribution in [0.4, 0.5) is 0 Å². The molecule has 1 rings (SSSR count). The molecule has 0 radical (unpaired) electrons. The highest BCUT2D eigenvalue weighted by molar-refractivity contribution is 4.82. The molecule has 0 aliphatic carbocycles. The van der Waals surface area contributed by atoms with Crippen molar-refractivity contribution in [3.8, 4) is 0 Å². The van der Waals surface area contributed by atoms with Crippen molar-refractivity contribution in [1.82, 2.24) is 0 Å². The Labute approximate surface area is 79.7 Å². The second-order valence-corrected chi connectivity index (χ2v) is 3.74. The van der Waals surface area contributed by atoms with Gasteiger partial charge in [0.1, 0.15) is 0 Å². The number of ether oxygens (including phenoxy) is 1. The van der Waals surface area contributed by atoms with Gasteiger partial charge in [-0.15, -0.1) is 0 Å². The van der Waals surface area contributed by atoms with E-state index in [1.54, 1.807) is 0 Å². The van der Waals surface area contributed by atoms with Crippen LogP contribution in [-0.2, 0) is 4.74 Å². The van der Waals surface area contributed by atoms with Gasteiger partial charge in [0, 0.05) is 0 Å². The van der Waals surface area contributed by atoms with Crippen LogP contribution in [-0.4, -0.2) is 34.6 Å². The minimum Gasteiger partial charge on any atom is -0.390 e. The van der Waals surface area contributed by atoms with Crippen LogP contribution < -0.4 is 0 Å². The number of hydrogen-bond donors (Lipinski definition) is 2. The van der Waals surface area contributed by atoms with E-state index in [0.717, 1.165) is 25.7 Å². The molecule has 78 valence electrons. The third-order valence-corrected chi connectivity index (χ3v) is 2.78. The molecule has 0 spiro atoms. The molecule has 3 nitrogen and oxygen atoms in total. The molecule has 1 aliphatic heterocycles. The summed E-state index contributed by atoms with van der Waals surface area (Å²) in [5.74, 6) is 0. The van der Waals surface area contributed by atoms with Crippen molar-refractivity contribution in [3.05, 3.63) is 0 Å². The predicted octanol–water partition coefficient (Wildman–Crippen LogP) is 1.08. The fourth-order valence-electron chi connectivity index (χ4n) is 1.78. The molecule has 0 aromatic heterocycles. The second-order valence-electron chi connectivity index (χ2n) is 3.74. The van der Waals surface area contributed by atoms with Crippen molar-refractivity contribution in [2.24, 2.45) is 0 Å². The van der Waals surface area contributed by atoms with Gasteiger partial charge in [0.05, 0.1) is 24.4 Å². The first kappa shape index (κ1) is 11.0. The van der Waals surface area contributed by atoms with Crippen LogP contribution in [0.2, 0.25) is 0 Å². The highest BCUT2D eigenvalue weighted by Gasteiger charge is 2.32. The monoisotopic (exact) mass is 188 g/mol. The van der Waals surface area contributed by atoms with Crippen LogP contribution >= 0.6 is 0 Å². The molecule has 0 saturated carbocycles. The minimum absolute atomic E-state index is 0.0591. The summed E-state index contributed by atoms with van der Waals surface area (Å²) in [6.45, 7) is 3.88. The second kappa shape index (κ2) is 4.94. The maximum atomic E-state index is 9.52. The zero-order chi connectivity index (χ0) is 9.84. The summed E-state index contributed by atoms with van der Waals surface area (Å²) >= 11 is 0. The van der Waals surface area contributed by atoms with E-state index in [0.29, 0.717) is 0 Å². The first-order valence-corrected chi connectivity index (χ1v) is 5.20. The van der Waals surface area contributed by atoms with Crippen molar-refractivity contribution in [3.63, 3.8) is 0 Å². The van der Waals surface area contributed by atoms with Crippen LogP contribution in [0.15, 0.2) is 0 Å². The molecule has 1 saturated heterocycles. The van der Waals surface area contributed by atoms with Gasteiger partial charge in [-0.25, -0.2) is 0 Å². The standard InChI is InChI=1S/C10H20O3/c1-3-7(11)9-5-6-10(13-9)8(12)4-2/h7-12H,3-6H2,1-2H3/t7-,8+,9+,10-. The molecule has 3 heteroatoms. The third-order valence-electron chi connectivity index (χ3n) is 2.78. The first-order chi connectivity index (χ1) is 6.19. The lowest BCUT2D eigenvalue weighted by molar-refractivity contribution is -0.0756. The molecule has 0 amide bonds. The van der Waals surface area contributed by atoms with E-state index in [1.807, 2.05) is 13.8 Å². The molecule has 2 N–H and O–H groups in total. The lowest BCUT2D eigenvalue weighted by atomic mass is 10.1. The van der Waals surface area contributed by atoms with Gasteiger partial charge < -0.3 is 14.9 Å². The Balaban J connectivity index is 2.35. The van der Waals surface area contributed by atoms with E-state index >= 15 is 0 Å². The van der Waals surface area contributed by atoms with Gasteiger partial charge in [-0.1, -0.05) is 13.8 Å². The van der Waals surface area contributed by atoms with Crippen LogP contribution in [0.1, 0.15) is 39.5 Å². The molecular formula is C10H20O3. The Morgan fingerprint density at radius 1 is 1.08 bits per heavy atom. The van der Waals surface area contributed by atoms with Crippen molar-refractivity contribution in [2.75, 3.05) is 0 Å². The summed E-state index contributed by atoms with van der Waals surface area (Å²) in [5, 5.41) is 19.0. The van der Waals surface area contributed by atoms with Gasteiger partial charge in [0.15, 0.2) is 0 Å². The summed E-state index contributed by atoms with van der Waals surface area (Å²) in [5.41, 5.74) is 0. The van der Waals surface area contributed by atoms with Crippen LogP contribution in [0, 0.1) is 0 Å². The summed E-state index contributed by atoms with van der Waals surface area (Å²) in [6, 6.07) is 0. The average Bonchev–Trinajstić information content (AvgIpc) is 2.64. The molecule has 0 aromatic rings. The number of aliphatic hydroxyl groups is 2. The zero-order valence-electron chi connectivity index (χ0n) is 8.44. The Bertz CT molecular complexity index is 133. The normalized spacial score (nSPS) is 33.2. The van der Waals surface area contributed by atoms with Gasteiger partial charge in [-0.05, 0) is 25.7 Å². The summed E-state index contributed by atoms with van der Waals surface area (Å²) < 4.78 is 5.57. The molecule has 13 heavy (non-hydrogen) atoms. The first-order valence-electron chi connectivity index (χ1n) is 5.20. The van der Waals surface area contributed by atoms with Gasteiger partial charge in [-0.2, -0.15) is 0 Å². The van der Waals surface area contributed by atoms with Gasteiger partial charge in [0.25, 0.3) is 0 Å². The highest BCUT2D eigenvalue weighted by Crippen LogP contribution is 2.26. The van der Waals surface area contributed by atoms with Crippen LogP contribution in [0.5, 0.6) is 0 Å². The van der Waals surface area contributed by atoms with E-state index < -0.39 is 0 Å². The van der Waals surface area contributed by atoms with Gasteiger partial charge >= 0.3 is 0 Å². The van der Waals surface area contributed by atoms with Gasteiger partial charge in [-0.3, -0.25) is 0 Å². The van der Waals surface area contributed by atoms with E-state index in [-0.39, 0.29) is 24.4 Å². The van der Waals surface area contributed by atoms with Crippen molar-refractivity contribution >= 4 is 0 Å². The highest BCUT2D eigenvalue weighted by atomic mass is 16.5. The molecule has 1 heterocycles. The Morgan fingerprint density at radius 2 is 1.46 bits per heavy atom. The summed E-state index contributed by atoms with van der Waals surface area (Å²) in [4.78, 5) is 0. The number of aliphatic hydroxyl groups excluding tert-OH is 2. The van der Waals surface area contributed by atoms with Crippen molar-refractivity contribution in [2.45, 2.75) is 63.9 Å². The maximum Gasteiger partial charge on any atom is 0.0839 e. The topological polar surface area (TPSA) is 49.7 Å². The van der Waals surface area contributed by atoms with E-state index in [1.165, 1.54) is 0 Å². The molecule has 0 aromatic carbocycles. The molecule has 0 bridgehead atoms. The largest absolute Gasteiger partial charge is 0.390 e. The predicted molar refractivity (Wildman–Crippen MR) is 50.5 cm³/mol. The van der Waals surface area contributed by atoms with E-state index in [4.69, 9.17) is 4.74 Å². The SMILES string of the molecule is CC[C@@H](O)[C@@H]1CC[C@H]([C@@H](O)CC)O1.